The van der Waals surface area contributed by atoms with Crippen molar-refractivity contribution in [2.45, 2.75) is 59.3 Å². The molecule has 32 heavy (non-hydrogen) atoms. The maximum Gasteiger partial charge on any atom is 2.00 e. The fourth-order valence-corrected chi connectivity index (χ4v) is 2.63. The van der Waals surface area contributed by atoms with Crippen LogP contribution in [0.15, 0.2) is 60.7 Å². The number of nitrogens with zero attached hydrogens (tertiary/aromatic N) is 1. The van der Waals surface area contributed by atoms with E-state index in [9.17, 15) is 19.8 Å². The van der Waals surface area contributed by atoms with Crippen LogP contribution < -0.4 is 10.2 Å². The second-order valence-electron chi connectivity index (χ2n) is 7.21. The quantitative estimate of drug-likeness (QED) is 0.447. The van der Waals surface area contributed by atoms with Gasteiger partial charge in [0, 0.05) is 0 Å². The van der Waals surface area contributed by atoms with E-state index in [2.05, 4.69) is 25.7 Å². The van der Waals surface area contributed by atoms with Crippen molar-refractivity contribution in [3.05, 3.63) is 71.8 Å². The molecule has 0 saturated carbocycles. The monoisotopic (exact) mass is 490 g/mol. The zero-order valence-electron chi connectivity index (χ0n) is 19.5. The number of carbonyl (C=O) groups excluding carboxylic acids is 2. The summed E-state index contributed by atoms with van der Waals surface area (Å²) in [5.41, 5.74) is 0.440. The van der Waals surface area contributed by atoms with Gasteiger partial charge in [-0.05, 0) is 50.0 Å². The van der Waals surface area contributed by atoms with Crippen LogP contribution in [0.1, 0.15) is 80.0 Å². The SMILES string of the molecule is CCCCN(CCCC)CCCC.O=C([O-])c1ccccc1.O=C([O-])c1ccccc1.[Cu+2]. The molecule has 0 heterocycles. The summed E-state index contributed by atoms with van der Waals surface area (Å²) >= 11 is 0. The summed E-state index contributed by atoms with van der Waals surface area (Å²) in [6, 6.07) is 16.1. The van der Waals surface area contributed by atoms with Crippen LogP contribution in [0.4, 0.5) is 0 Å². The van der Waals surface area contributed by atoms with E-state index < -0.39 is 11.9 Å². The Morgan fingerprint density at radius 3 is 1.09 bits per heavy atom. The minimum atomic E-state index is -1.13. The largest absolute Gasteiger partial charge is 2.00 e. The van der Waals surface area contributed by atoms with Gasteiger partial charge in [-0.1, -0.05) is 101 Å². The zero-order valence-corrected chi connectivity index (χ0v) is 20.5. The molecule has 0 saturated heterocycles. The molecule has 0 aliphatic carbocycles. The molecular weight excluding hydrogens is 454 g/mol. The molecule has 0 unspecified atom stereocenters. The molecule has 5 nitrogen and oxygen atoms in total. The van der Waals surface area contributed by atoms with Crippen LogP contribution in [0.2, 0.25) is 0 Å². The van der Waals surface area contributed by atoms with Gasteiger partial charge in [0.05, 0.1) is 11.9 Å². The molecule has 0 aliphatic heterocycles. The Balaban J connectivity index is 0. The van der Waals surface area contributed by atoms with Gasteiger partial charge in [-0.3, -0.25) is 0 Å². The number of carbonyl (C=O) groups is 2. The molecule has 1 radical (unpaired) electrons. The molecular formula is C26H37CuNO4. The predicted molar refractivity (Wildman–Crippen MR) is 123 cm³/mol. The van der Waals surface area contributed by atoms with Gasteiger partial charge in [-0.15, -0.1) is 0 Å². The molecule has 0 aliphatic rings. The van der Waals surface area contributed by atoms with E-state index in [-0.39, 0.29) is 28.2 Å². The summed E-state index contributed by atoms with van der Waals surface area (Å²) in [6.45, 7) is 10.8. The van der Waals surface area contributed by atoms with Crippen molar-refractivity contribution in [3.8, 4) is 0 Å². The first kappa shape index (κ1) is 32.0. The van der Waals surface area contributed by atoms with Crippen LogP contribution in [0.5, 0.6) is 0 Å². The van der Waals surface area contributed by atoms with E-state index in [1.165, 1.54) is 82.4 Å². The molecule has 0 N–H and O–H groups in total. The standard InChI is InChI=1S/C12H27N.2C7H6O2.Cu/c1-4-7-10-13(11-8-5-2)12-9-6-3;2*8-7(9)6-4-2-1-3-5-6;/h4-12H2,1-3H3;2*1-5H,(H,8,9);/q;;;+2/p-2. The molecule has 6 heteroatoms. The number of unbranched alkanes of at least 4 members (excludes halogenated alkanes) is 3. The van der Waals surface area contributed by atoms with Crippen molar-refractivity contribution in [2.75, 3.05) is 19.6 Å². The van der Waals surface area contributed by atoms with E-state index >= 15 is 0 Å². The maximum absolute atomic E-state index is 10.1. The minimum Gasteiger partial charge on any atom is -0.545 e. The molecule has 0 aromatic heterocycles. The molecule has 0 amide bonds. The Morgan fingerprint density at radius 1 is 0.625 bits per heavy atom. The molecule has 2 aromatic carbocycles. The van der Waals surface area contributed by atoms with Crippen molar-refractivity contribution in [2.24, 2.45) is 0 Å². The molecule has 0 fully saturated rings. The first-order chi connectivity index (χ1) is 15.0. The molecule has 2 rings (SSSR count). The summed E-state index contributed by atoms with van der Waals surface area (Å²) < 4.78 is 0. The van der Waals surface area contributed by atoms with E-state index in [4.69, 9.17) is 0 Å². The number of benzene rings is 2. The van der Waals surface area contributed by atoms with Crippen LogP contribution in [-0.4, -0.2) is 36.5 Å². The predicted octanol–water partition coefficient (Wildman–Crippen LogP) is 3.79. The summed E-state index contributed by atoms with van der Waals surface area (Å²) in [4.78, 5) is 22.8. The third-order valence-corrected chi connectivity index (χ3v) is 4.50. The number of carboxylic acid groups (broad SMARTS) is 2. The Labute approximate surface area is 204 Å². The maximum atomic E-state index is 10.1. The first-order valence-electron chi connectivity index (χ1n) is 11.2. The van der Waals surface area contributed by atoms with Crippen LogP contribution in [0.25, 0.3) is 0 Å². The number of carboxylic acids is 2. The Hall–Kier alpha value is -2.14. The molecule has 0 spiro atoms. The Kier molecular flexibility index (Phi) is 22.1. The molecule has 0 bridgehead atoms. The van der Waals surface area contributed by atoms with Gasteiger partial charge in [0.15, 0.2) is 0 Å². The number of rotatable bonds is 11. The zero-order chi connectivity index (χ0) is 23.3. The molecule has 2 aromatic rings. The Bertz CT molecular complexity index is 627. The Morgan fingerprint density at radius 2 is 0.906 bits per heavy atom. The van der Waals surface area contributed by atoms with Gasteiger partial charge in [-0.25, -0.2) is 0 Å². The van der Waals surface area contributed by atoms with E-state index in [1.54, 1.807) is 36.4 Å². The summed E-state index contributed by atoms with van der Waals surface area (Å²) in [5.74, 6) is -2.26. The van der Waals surface area contributed by atoms with Crippen molar-refractivity contribution < 1.29 is 36.9 Å². The van der Waals surface area contributed by atoms with E-state index in [1.807, 2.05) is 0 Å². The van der Waals surface area contributed by atoms with E-state index in [0.29, 0.717) is 0 Å². The average Bonchev–Trinajstić information content (AvgIpc) is 2.80. The van der Waals surface area contributed by atoms with E-state index in [0.717, 1.165) is 0 Å². The average molecular weight is 491 g/mol. The second-order valence-corrected chi connectivity index (χ2v) is 7.21. The van der Waals surface area contributed by atoms with Gasteiger partial charge in [0.25, 0.3) is 0 Å². The summed E-state index contributed by atoms with van der Waals surface area (Å²) in [5, 5.41) is 20.2. The molecule has 181 valence electrons. The van der Waals surface area contributed by atoms with Gasteiger partial charge in [0.2, 0.25) is 0 Å². The van der Waals surface area contributed by atoms with Crippen molar-refractivity contribution >= 4 is 11.9 Å². The van der Waals surface area contributed by atoms with Gasteiger partial charge in [0.1, 0.15) is 0 Å². The normalized spacial score (nSPS) is 9.50. The minimum absolute atomic E-state index is 0. The van der Waals surface area contributed by atoms with Crippen LogP contribution in [0.3, 0.4) is 0 Å². The second kappa shape index (κ2) is 22.1. The molecule has 0 atom stereocenters. The van der Waals surface area contributed by atoms with Crippen molar-refractivity contribution in [3.63, 3.8) is 0 Å². The third kappa shape index (κ3) is 17.5. The first-order valence-corrected chi connectivity index (χ1v) is 11.2. The third-order valence-electron chi connectivity index (χ3n) is 4.50. The number of aromatic carboxylic acids is 2. The smallest absolute Gasteiger partial charge is 0.545 e. The van der Waals surface area contributed by atoms with Gasteiger partial charge in [-0.2, -0.15) is 0 Å². The fraction of sp³-hybridized carbons (Fsp3) is 0.462. The van der Waals surface area contributed by atoms with Crippen LogP contribution >= 0.6 is 0 Å². The van der Waals surface area contributed by atoms with Crippen molar-refractivity contribution in [1.82, 2.24) is 4.90 Å². The summed E-state index contributed by atoms with van der Waals surface area (Å²) in [7, 11) is 0. The number of hydrogen-bond donors (Lipinski definition) is 0. The fourth-order valence-electron chi connectivity index (χ4n) is 2.63. The van der Waals surface area contributed by atoms with Crippen LogP contribution in [0, 0.1) is 0 Å². The van der Waals surface area contributed by atoms with Gasteiger partial charge >= 0.3 is 17.1 Å². The topological polar surface area (TPSA) is 83.5 Å². The van der Waals surface area contributed by atoms with Crippen LogP contribution in [-0.2, 0) is 17.1 Å². The number of hydrogen-bond acceptors (Lipinski definition) is 5. The van der Waals surface area contributed by atoms with Gasteiger partial charge < -0.3 is 24.7 Å². The van der Waals surface area contributed by atoms with Crippen molar-refractivity contribution in [1.29, 1.82) is 0 Å². The summed E-state index contributed by atoms with van der Waals surface area (Å²) in [6.07, 6.45) is 8.09.